The van der Waals surface area contributed by atoms with Crippen LogP contribution in [0.5, 0.6) is 5.75 Å². The quantitative estimate of drug-likeness (QED) is 0.192. The molecule has 4 aromatic carbocycles. The number of hydrogen-bond acceptors (Lipinski definition) is 6. The van der Waals surface area contributed by atoms with Crippen LogP contribution in [-0.2, 0) is 17.8 Å². The molecule has 178 valence electrons. The summed E-state index contributed by atoms with van der Waals surface area (Å²) in [4.78, 5) is 38.1. The predicted molar refractivity (Wildman–Crippen MR) is 139 cm³/mol. The predicted octanol–water partition coefficient (Wildman–Crippen LogP) is 6.28. The first-order valence-electron chi connectivity index (χ1n) is 11.2. The molecule has 0 bridgehead atoms. The normalized spacial score (nSPS) is 14.7. The molecular formula is C28H20N2O5S. The molecule has 1 aliphatic rings. The van der Waals surface area contributed by atoms with Gasteiger partial charge in [0.2, 0.25) is 5.75 Å². The summed E-state index contributed by atoms with van der Waals surface area (Å²) in [6.45, 7) is 0.101. The second-order valence-corrected chi connectivity index (χ2v) is 9.37. The second kappa shape index (κ2) is 9.67. The SMILES string of the molecule is O=C1S/C(=C\c2cc(Cc3ccccc3)cc([N+](=O)[O-])c2O)C(=O)N1Cc1cccc2ccccc12. The van der Waals surface area contributed by atoms with Crippen LogP contribution >= 0.6 is 11.8 Å². The number of thioether (sulfide) groups is 1. The van der Waals surface area contributed by atoms with Crippen molar-refractivity contribution in [3.05, 3.63) is 122 Å². The molecule has 1 N–H and O–H groups in total. The molecule has 0 atom stereocenters. The number of hydrogen-bond donors (Lipinski definition) is 1. The summed E-state index contributed by atoms with van der Waals surface area (Å²) in [7, 11) is 0. The number of fused-ring (bicyclic) bond motifs is 1. The van der Waals surface area contributed by atoms with Crippen LogP contribution < -0.4 is 0 Å². The molecule has 0 aliphatic carbocycles. The average molecular weight is 497 g/mol. The van der Waals surface area contributed by atoms with Crippen molar-refractivity contribution in [2.24, 2.45) is 0 Å². The topological polar surface area (TPSA) is 101 Å². The minimum atomic E-state index is -0.659. The van der Waals surface area contributed by atoms with Crippen molar-refractivity contribution in [1.82, 2.24) is 4.90 Å². The Balaban J connectivity index is 1.47. The van der Waals surface area contributed by atoms with Gasteiger partial charge in [0, 0.05) is 11.6 Å². The molecule has 0 unspecified atom stereocenters. The summed E-state index contributed by atoms with van der Waals surface area (Å²) in [6.07, 6.45) is 1.76. The lowest BCUT2D eigenvalue weighted by Crippen LogP contribution is -2.27. The van der Waals surface area contributed by atoms with Crippen molar-refractivity contribution in [2.75, 3.05) is 0 Å². The van der Waals surface area contributed by atoms with E-state index < -0.39 is 27.5 Å². The molecule has 2 amide bonds. The van der Waals surface area contributed by atoms with Crippen molar-refractivity contribution in [1.29, 1.82) is 0 Å². The van der Waals surface area contributed by atoms with E-state index >= 15 is 0 Å². The number of rotatable bonds is 6. The average Bonchev–Trinajstić information content (AvgIpc) is 3.14. The number of imide groups is 1. The first-order valence-corrected chi connectivity index (χ1v) is 12.0. The summed E-state index contributed by atoms with van der Waals surface area (Å²) in [5.41, 5.74) is 2.04. The monoisotopic (exact) mass is 496 g/mol. The van der Waals surface area contributed by atoms with Gasteiger partial charge in [0.1, 0.15) is 0 Å². The summed E-state index contributed by atoms with van der Waals surface area (Å²) < 4.78 is 0. The Morgan fingerprint density at radius 1 is 0.917 bits per heavy atom. The fourth-order valence-corrected chi connectivity index (χ4v) is 5.09. The van der Waals surface area contributed by atoms with Crippen molar-refractivity contribution < 1.29 is 19.6 Å². The molecule has 8 heteroatoms. The number of carbonyl (C=O) groups is 2. The molecule has 7 nitrogen and oxygen atoms in total. The molecule has 1 heterocycles. The third-order valence-electron chi connectivity index (χ3n) is 6.00. The van der Waals surface area contributed by atoms with Crippen LogP contribution in [0.1, 0.15) is 22.3 Å². The number of amides is 2. The largest absolute Gasteiger partial charge is 0.502 e. The minimum absolute atomic E-state index is 0.0988. The molecule has 1 saturated heterocycles. The third kappa shape index (κ3) is 4.58. The highest BCUT2D eigenvalue weighted by atomic mass is 32.2. The van der Waals surface area contributed by atoms with E-state index in [2.05, 4.69) is 0 Å². The highest BCUT2D eigenvalue weighted by Gasteiger charge is 2.35. The maximum absolute atomic E-state index is 13.2. The van der Waals surface area contributed by atoms with Crippen molar-refractivity contribution in [2.45, 2.75) is 13.0 Å². The molecule has 36 heavy (non-hydrogen) atoms. The maximum atomic E-state index is 13.2. The molecule has 0 aromatic heterocycles. The van der Waals surface area contributed by atoms with Gasteiger partial charge in [0.25, 0.3) is 11.1 Å². The highest BCUT2D eigenvalue weighted by Crippen LogP contribution is 2.38. The van der Waals surface area contributed by atoms with E-state index in [1.54, 1.807) is 6.07 Å². The third-order valence-corrected chi connectivity index (χ3v) is 6.90. The highest BCUT2D eigenvalue weighted by molar-refractivity contribution is 8.18. The molecule has 0 spiro atoms. The lowest BCUT2D eigenvalue weighted by molar-refractivity contribution is -0.385. The second-order valence-electron chi connectivity index (χ2n) is 8.38. The number of aromatic hydroxyl groups is 1. The van der Waals surface area contributed by atoms with Crippen LogP contribution in [0.15, 0.2) is 89.8 Å². The summed E-state index contributed by atoms with van der Waals surface area (Å²) >= 11 is 0.752. The molecule has 0 radical (unpaired) electrons. The number of nitrogens with zero attached hydrogens (tertiary/aromatic N) is 2. The van der Waals surface area contributed by atoms with Crippen LogP contribution in [0, 0.1) is 10.1 Å². The molecule has 5 rings (SSSR count). The summed E-state index contributed by atoms with van der Waals surface area (Å²) in [5.74, 6) is -1.05. The maximum Gasteiger partial charge on any atom is 0.311 e. The zero-order valence-corrected chi connectivity index (χ0v) is 19.8. The van der Waals surface area contributed by atoms with Gasteiger partial charge in [-0.25, -0.2) is 0 Å². The number of carbonyl (C=O) groups excluding carboxylic acids is 2. The van der Waals surface area contributed by atoms with Crippen LogP contribution in [0.4, 0.5) is 10.5 Å². The first kappa shape index (κ1) is 23.3. The van der Waals surface area contributed by atoms with Crippen LogP contribution in [0.2, 0.25) is 0 Å². The van der Waals surface area contributed by atoms with Gasteiger partial charge in [-0.05, 0) is 57.8 Å². The molecule has 1 aliphatic heterocycles. The Kier molecular flexibility index (Phi) is 6.26. The van der Waals surface area contributed by atoms with Crippen LogP contribution in [0.25, 0.3) is 16.8 Å². The Hall–Kier alpha value is -4.43. The molecule has 4 aromatic rings. The zero-order chi connectivity index (χ0) is 25.2. The summed E-state index contributed by atoms with van der Waals surface area (Å²) in [6, 6.07) is 25.8. The van der Waals surface area contributed by atoms with Crippen LogP contribution in [-0.4, -0.2) is 26.1 Å². The van der Waals surface area contributed by atoms with Gasteiger partial charge in [0.15, 0.2) is 0 Å². The first-order chi connectivity index (χ1) is 17.4. The van der Waals surface area contributed by atoms with E-state index in [0.717, 1.165) is 38.6 Å². The zero-order valence-electron chi connectivity index (χ0n) is 19.0. The van der Waals surface area contributed by atoms with Crippen molar-refractivity contribution in [3.63, 3.8) is 0 Å². The van der Waals surface area contributed by atoms with Gasteiger partial charge >= 0.3 is 5.69 Å². The van der Waals surface area contributed by atoms with Gasteiger partial charge < -0.3 is 5.11 Å². The standard InChI is InChI=1S/C28H20N2O5S/c31-26-22(14-19(15-24(26)30(34)35)13-18-7-2-1-3-8-18)16-25-27(32)29(28(33)36-25)17-21-11-6-10-20-9-4-5-12-23(20)21/h1-12,14-16,31H,13,17H2/b25-16-. The number of phenolic OH excluding ortho intramolecular Hbond substituents is 1. The van der Waals surface area contributed by atoms with E-state index in [1.807, 2.05) is 72.8 Å². The lowest BCUT2D eigenvalue weighted by atomic mass is 10.0. The molecular weight excluding hydrogens is 476 g/mol. The van der Waals surface area contributed by atoms with E-state index in [1.165, 1.54) is 12.1 Å². The van der Waals surface area contributed by atoms with Gasteiger partial charge in [-0.2, -0.15) is 0 Å². The van der Waals surface area contributed by atoms with Gasteiger partial charge in [0.05, 0.1) is 16.4 Å². The van der Waals surface area contributed by atoms with E-state index in [0.29, 0.717) is 12.0 Å². The van der Waals surface area contributed by atoms with E-state index in [4.69, 9.17) is 0 Å². The Morgan fingerprint density at radius 2 is 1.64 bits per heavy atom. The van der Waals surface area contributed by atoms with Gasteiger partial charge in [-0.3, -0.25) is 24.6 Å². The number of nitro benzene ring substituents is 1. The molecule has 0 saturated carbocycles. The van der Waals surface area contributed by atoms with Crippen LogP contribution in [0.3, 0.4) is 0 Å². The minimum Gasteiger partial charge on any atom is -0.502 e. The number of nitro groups is 1. The van der Waals surface area contributed by atoms with Gasteiger partial charge in [-0.15, -0.1) is 0 Å². The Labute approximate surface area is 210 Å². The lowest BCUT2D eigenvalue weighted by Gasteiger charge is -2.14. The van der Waals surface area contributed by atoms with E-state index in [9.17, 15) is 24.8 Å². The fraction of sp³-hybridized carbons (Fsp3) is 0.0714. The fourth-order valence-electron chi connectivity index (χ4n) is 4.26. The number of phenols is 1. The van der Waals surface area contributed by atoms with Crippen molar-refractivity contribution in [3.8, 4) is 5.75 Å². The summed E-state index contributed by atoms with van der Waals surface area (Å²) in [5, 5.41) is 23.7. The Bertz CT molecular complexity index is 1540. The molecule has 1 fully saturated rings. The Morgan fingerprint density at radius 3 is 2.42 bits per heavy atom. The number of benzene rings is 4. The van der Waals surface area contributed by atoms with E-state index in [-0.39, 0.29) is 17.0 Å². The smallest absolute Gasteiger partial charge is 0.311 e. The van der Waals surface area contributed by atoms with Crippen molar-refractivity contribution >= 4 is 45.4 Å². The van der Waals surface area contributed by atoms with Gasteiger partial charge in [-0.1, -0.05) is 72.8 Å².